The molecule has 0 aliphatic carbocycles. The summed E-state index contributed by atoms with van der Waals surface area (Å²) in [7, 11) is 0. The van der Waals surface area contributed by atoms with E-state index >= 15 is 0 Å². The van der Waals surface area contributed by atoms with Gasteiger partial charge in [-0.05, 0) is 30.2 Å². The molecule has 2 nitrogen and oxygen atoms in total. The Morgan fingerprint density at radius 1 is 1.55 bits per heavy atom. The molecule has 0 aromatic heterocycles. The largest absolute Gasteiger partial charge is 0.411 e. The van der Waals surface area contributed by atoms with E-state index in [4.69, 9.17) is 5.21 Å². The van der Waals surface area contributed by atoms with Crippen molar-refractivity contribution in [3.63, 3.8) is 0 Å². The molecule has 0 amide bonds. The molecular formula is C8H8BrNO. The van der Waals surface area contributed by atoms with Gasteiger partial charge < -0.3 is 5.21 Å². The minimum absolute atomic E-state index is 0.896. The van der Waals surface area contributed by atoms with Crippen molar-refractivity contribution >= 4 is 22.1 Å². The molecule has 0 atom stereocenters. The Hall–Kier alpha value is -0.830. The Bertz CT molecular complexity index is 283. The van der Waals surface area contributed by atoms with Gasteiger partial charge in [0.15, 0.2) is 0 Å². The van der Waals surface area contributed by atoms with Crippen molar-refractivity contribution in [1.82, 2.24) is 0 Å². The molecule has 0 heterocycles. The minimum Gasteiger partial charge on any atom is -0.411 e. The predicted molar refractivity (Wildman–Crippen MR) is 48.3 cm³/mol. The molecule has 0 unspecified atom stereocenters. The second kappa shape index (κ2) is 3.53. The van der Waals surface area contributed by atoms with Crippen molar-refractivity contribution in [3.05, 3.63) is 33.8 Å². The number of hydrogen-bond acceptors (Lipinski definition) is 2. The Labute approximate surface area is 73.7 Å². The molecule has 0 saturated heterocycles. The molecule has 0 saturated carbocycles. The summed E-state index contributed by atoms with van der Waals surface area (Å²) < 4.78 is 1.06. The van der Waals surface area contributed by atoms with E-state index in [0.717, 1.165) is 15.6 Å². The van der Waals surface area contributed by atoms with E-state index in [1.807, 2.05) is 25.1 Å². The Balaban J connectivity index is 3.05. The van der Waals surface area contributed by atoms with E-state index in [1.54, 1.807) is 0 Å². The van der Waals surface area contributed by atoms with Gasteiger partial charge in [0, 0.05) is 4.47 Å². The number of rotatable bonds is 1. The molecule has 58 valence electrons. The quantitative estimate of drug-likeness (QED) is 0.435. The summed E-state index contributed by atoms with van der Waals surface area (Å²) in [6.07, 6.45) is 1.40. The minimum atomic E-state index is 0.896. The summed E-state index contributed by atoms with van der Waals surface area (Å²) >= 11 is 3.37. The molecule has 3 heteroatoms. The van der Waals surface area contributed by atoms with Crippen molar-refractivity contribution < 1.29 is 5.21 Å². The molecule has 0 aliphatic rings. The van der Waals surface area contributed by atoms with Crippen LogP contribution in [0.2, 0.25) is 0 Å². The van der Waals surface area contributed by atoms with Gasteiger partial charge in [-0.1, -0.05) is 27.2 Å². The average molecular weight is 214 g/mol. The van der Waals surface area contributed by atoms with Crippen LogP contribution in [0.3, 0.4) is 0 Å². The number of oxime groups is 1. The molecule has 1 rings (SSSR count). The normalized spacial score (nSPS) is 10.7. The Kier molecular flexibility index (Phi) is 2.65. The third-order valence-corrected chi connectivity index (χ3v) is 2.28. The van der Waals surface area contributed by atoms with E-state index in [-0.39, 0.29) is 0 Å². The summed E-state index contributed by atoms with van der Waals surface area (Å²) in [6, 6.07) is 5.73. The van der Waals surface area contributed by atoms with Gasteiger partial charge in [0.1, 0.15) is 0 Å². The van der Waals surface area contributed by atoms with Gasteiger partial charge >= 0.3 is 0 Å². The van der Waals surface area contributed by atoms with Gasteiger partial charge in [-0.15, -0.1) is 0 Å². The van der Waals surface area contributed by atoms with E-state index in [9.17, 15) is 0 Å². The third-order valence-electron chi connectivity index (χ3n) is 1.39. The number of benzene rings is 1. The van der Waals surface area contributed by atoms with E-state index in [0.29, 0.717) is 0 Å². The molecule has 1 aromatic rings. The highest BCUT2D eigenvalue weighted by atomic mass is 79.9. The molecule has 1 aromatic carbocycles. The fraction of sp³-hybridized carbons (Fsp3) is 0.125. The Morgan fingerprint density at radius 3 is 2.82 bits per heavy atom. The van der Waals surface area contributed by atoms with E-state index < -0.39 is 0 Å². The standard InChI is InChI=1S/C8H8BrNO/c1-6-4-7(5-10-11)2-3-8(6)9/h2-5,11H,1H3/b10-5+. The zero-order valence-electron chi connectivity index (χ0n) is 6.08. The highest BCUT2D eigenvalue weighted by Gasteiger charge is 1.93. The highest BCUT2D eigenvalue weighted by Crippen LogP contribution is 2.15. The van der Waals surface area contributed by atoms with Crippen LogP contribution in [0, 0.1) is 6.92 Å². The van der Waals surface area contributed by atoms with Crippen molar-refractivity contribution in [2.24, 2.45) is 5.16 Å². The Morgan fingerprint density at radius 2 is 2.27 bits per heavy atom. The van der Waals surface area contributed by atoms with Crippen LogP contribution in [-0.2, 0) is 0 Å². The average Bonchev–Trinajstić information content (AvgIpc) is 1.98. The van der Waals surface area contributed by atoms with Crippen LogP contribution < -0.4 is 0 Å². The van der Waals surface area contributed by atoms with Crippen LogP contribution in [0.4, 0.5) is 0 Å². The predicted octanol–water partition coefficient (Wildman–Crippen LogP) is 2.57. The maximum atomic E-state index is 8.24. The van der Waals surface area contributed by atoms with Crippen LogP contribution in [0.5, 0.6) is 0 Å². The monoisotopic (exact) mass is 213 g/mol. The lowest BCUT2D eigenvalue weighted by Crippen LogP contribution is -1.82. The van der Waals surface area contributed by atoms with Crippen LogP contribution in [0.1, 0.15) is 11.1 Å². The third kappa shape index (κ3) is 2.05. The SMILES string of the molecule is Cc1cc(/C=N/O)ccc1Br. The first-order valence-corrected chi connectivity index (χ1v) is 3.97. The fourth-order valence-electron chi connectivity index (χ4n) is 0.815. The second-order valence-electron chi connectivity index (χ2n) is 2.25. The van der Waals surface area contributed by atoms with Crippen LogP contribution >= 0.6 is 15.9 Å². The summed E-state index contributed by atoms with van der Waals surface area (Å²) in [5.41, 5.74) is 2.02. The van der Waals surface area contributed by atoms with Crippen molar-refractivity contribution in [2.45, 2.75) is 6.92 Å². The van der Waals surface area contributed by atoms with Crippen molar-refractivity contribution in [1.29, 1.82) is 0 Å². The van der Waals surface area contributed by atoms with Crippen LogP contribution in [-0.4, -0.2) is 11.4 Å². The maximum Gasteiger partial charge on any atom is 0.0733 e. The zero-order valence-corrected chi connectivity index (χ0v) is 7.67. The molecule has 0 radical (unpaired) electrons. The van der Waals surface area contributed by atoms with E-state index in [1.165, 1.54) is 6.21 Å². The number of halogens is 1. The fourth-order valence-corrected chi connectivity index (χ4v) is 1.06. The first-order chi connectivity index (χ1) is 5.24. The zero-order chi connectivity index (χ0) is 8.27. The van der Waals surface area contributed by atoms with Crippen LogP contribution in [0.25, 0.3) is 0 Å². The first-order valence-electron chi connectivity index (χ1n) is 3.17. The van der Waals surface area contributed by atoms with Gasteiger partial charge in [0.2, 0.25) is 0 Å². The maximum absolute atomic E-state index is 8.24. The molecule has 0 bridgehead atoms. The molecular weight excluding hydrogens is 206 g/mol. The molecule has 0 spiro atoms. The number of nitrogens with zero attached hydrogens (tertiary/aromatic N) is 1. The van der Waals surface area contributed by atoms with Crippen LogP contribution in [0.15, 0.2) is 27.8 Å². The molecule has 11 heavy (non-hydrogen) atoms. The summed E-state index contributed by atoms with van der Waals surface area (Å²) in [5, 5.41) is 11.2. The van der Waals surface area contributed by atoms with Gasteiger partial charge in [-0.2, -0.15) is 0 Å². The summed E-state index contributed by atoms with van der Waals surface area (Å²) in [4.78, 5) is 0. The lowest BCUT2D eigenvalue weighted by atomic mass is 10.2. The molecule has 0 aliphatic heterocycles. The van der Waals surface area contributed by atoms with Gasteiger partial charge in [-0.25, -0.2) is 0 Å². The summed E-state index contributed by atoms with van der Waals surface area (Å²) in [5.74, 6) is 0. The van der Waals surface area contributed by atoms with E-state index in [2.05, 4.69) is 21.1 Å². The second-order valence-corrected chi connectivity index (χ2v) is 3.11. The highest BCUT2D eigenvalue weighted by molar-refractivity contribution is 9.10. The first kappa shape index (κ1) is 8.27. The molecule has 0 fully saturated rings. The van der Waals surface area contributed by atoms with Crippen molar-refractivity contribution in [3.8, 4) is 0 Å². The lowest BCUT2D eigenvalue weighted by molar-refractivity contribution is 0.322. The number of aryl methyl sites for hydroxylation is 1. The lowest BCUT2D eigenvalue weighted by Gasteiger charge is -1.97. The van der Waals surface area contributed by atoms with Gasteiger partial charge in [0.05, 0.1) is 6.21 Å². The topological polar surface area (TPSA) is 32.6 Å². The van der Waals surface area contributed by atoms with Gasteiger partial charge in [0.25, 0.3) is 0 Å². The summed E-state index contributed by atoms with van der Waals surface area (Å²) in [6.45, 7) is 1.98. The smallest absolute Gasteiger partial charge is 0.0733 e. The van der Waals surface area contributed by atoms with Gasteiger partial charge in [-0.3, -0.25) is 0 Å². The molecule has 1 N–H and O–H groups in total. The van der Waals surface area contributed by atoms with Crippen molar-refractivity contribution in [2.75, 3.05) is 0 Å². The number of hydrogen-bond donors (Lipinski definition) is 1.